The highest BCUT2D eigenvalue weighted by atomic mass is 16.5. The van der Waals surface area contributed by atoms with E-state index < -0.39 is 12.5 Å². The van der Waals surface area contributed by atoms with E-state index in [0.717, 1.165) is 24.0 Å². The Bertz CT molecular complexity index is 1270. The van der Waals surface area contributed by atoms with Gasteiger partial charge < -0.3 is 14.7 Å². The number of carbonyl (C=O) groups excluding carboxylic acids is 1. The van der Waals surface area contributed by atoms with Crippen LogP contribution in [0.5, 0.6) is 5.75 Å². The molecule has 3 aromatic carbocycles. The maximum absolute atomic E-state index is 13.7. The molecule has 0 radical (unpaired) electrons. The van der Waals surface area contributed by atoms with Gasteiger partial charge in [-0.15, -0.1) is 0 Å². The molecule has 1 saturated carbocycles. The fourth-order valence-corrected chi connectivity index (χ4v) is 4.38. The molecule has 5 heteroatoms. The first kappa shape index (κ1) is 22.8. The summed E-state index contributed by atoms with van der Waals surface area (Å²) in [7, 11) is 0. The number of carbonyl (C=O) groups is 2. The Morgan fingerprint density at radius 2 is 1.64 bits per heavy atom. The molecule has 0 heterocycles. The van der Waals surface area contributed by atoms with E-state index >= 15 is 0 Å². The van der Waals surface area contributed by atoms with Gasteiger partial charge in [0.15, 0.2) is 0 Å². The van der Waals surface area contributed by atoms with Crippen LogP contribution < -0.4 is 4.74 Å². The Kier molecular flexibility index (Phi) is 7.54. The number of carboxylic acid groups (broad SMARTS) is 1. The molecule has 1 aliphatic rings. The molecule has 1 amide bonds. The molecular formula is C31H35NO4. The Morgan fingerprint density at radius 1 is 0.944 bits per heavy atom. The number of nitrogens with zero attached hydrogens (tertiary/aromatic N) is 1. The summed E-state index contributed by atoms with van der Waals surface area (Å²) in [5.74, 6) is -0.747. The van der Waals surface area contributed by atoms with Crippen LogP contribution in [0.15, 0.2) is 66.7 Å². The normalized spacial score (nSPS) is 14.1. The summed E-state index contributed by atoms with van der Waals surface area (Å²) in [6.45, 7) is 2.42. The monoisotopic (exact) mass is 487 g/mol. The van der Waals surface area contributed by atoms with E-state index in [1.807, 2.05) is 18.2 Å². The van der Waals surface area contributed by atoms with Gasteiger partial charge >= 0.3 is 5.97 Å². The van der Waals surface area contributed by atoms with Gasteiger partial charge in [0.25, 0.3) is 5.91 Å². The fraction of sp³-hybridized carbons (Fsp3) is 0.355. The summed E-state index contributed by atoms with van der Waals surface area (Å²) in [5.41, 5.74) is 5.28. The number of benzene rings is 3. The summed E-state index contributed by atoms with van der Waals surface area (Å²) in [6.07, 6.45) is 3.61. The summed E-state index contributed by atoms with van der Waals surface area (Å²) < 4.78 is 24.1. The first-order chi connectivity index (χ1) is 18.2. The van der Waals surface area contributed by atoms with Crippen LogP contribution >= 0.6 is 0 Å². The lowest BCUT2D eigenvalue weighted by Crippen LogP contribution is -2.32. The lowest BCUT2D eigenvalue weighted by molar-refractivity contribution is -0.137. The molecule has 188 valence electrons. The Labute approximate surface area is 216 Å². The van der Waals surface area contributed by atoms with Crippen LogP contribution in [0.25, 0.3) is 11.1 Å². The second-order valence-electron chi connectivity index (χ2n) is 9.41. The number of ether oxygens (including phenoxy) is 1. The predicted octanol–water partition coefficient (Wildman–Crippen LogP) is 6.80. The van der Waals surface area contributed by atoms with Crippen LogP contribution in [0.3, 0.4) is 0 Å². The molecule has 36 heavy (non-hydrogen) atoms. The molecule has 1 N–H and O–H groups in total. The summed E-state index contributed by atoms with van der Waals surface area (Å²) in [6, 6.07) is 20.4. The molecule has 0 spiro atoms. The molecule has 0 aliphatic heterocycles. The third kappa shape index (κ3) is 6.54. The van der Waals surface area contributed by atoms with E-state index in [1.165, 1.54) is 16.0 Å². The lowest BCUT2D eigenvalue weighted by Gasteiger charge is -2.24. The maximum Gasteiger partial charge on any atom is 0.303 e. The highest BCUT2D eigenvalue weighted by Crippen LogP contribution is 2.33. The van der Waals surface area contributed by atoms with Gasteiger partial charge in [0.05, 0.1) is 9.35 Å². The van der Waals surface area contributed by atoms with Gasteiger partial charge in [0.2, 0.25) is 0 Å². The van der Waals surface area contributed by atoms with Crippen molar-refractivity contribution in [3.63, 3.8) is 0 Å². The van der Waals surface area contributed by atoms with E-state index in [4.69, 9.17) is 12.6 Å². The standard InChI is InChI=1S/C31H35NO4/c1-22-9-8-10-23(2)30(22)24-14-16-25(17-15-24)31(35)32(27-18-19-27)21-26-11-5-6-12-28(26)36-20-7-3-4-13-29(33)34/h5-6,8-12,14-17,27H,3-4,7,13,18-21H2,1-2H3,(H,33,34)/i21D2. The average molecular weight is 488 g/mol. The third-order valence-electron chi connectivity index (χ3n) is 6.45. The molecule has 1 fully saturated rings. The van der Waals surface area contributed by atoms with E-state index in [-0.39, 0.29) is 18.4 Å². The summed E-state index contributed by atoms with van der Waals surface area (Å²) in [4.78, 5) is 25.8. The van der Waals surface area contributed by atoms with E-state index in [9.17, 15) is 9.59 Å². The van der Waals surface area contributed by atoms with Crippen molar-refractivity contribution in [2.45, 2.75) is 64.9 Å². The summed E-state index contributed by atoms with van der Waals surface area (Å²) in [5, 5.41) is 8.79. The molecular weight excluding hydrogens is 450 g/mol. The lowest BCUT2D eigenvalue weighted by atomic mass is 9.95. The van der Waals surface area contributed by atoms with Crippen LogP contribution in [0.1, 0.15) is 68.3 Å². The number of unbranched alkanes of at least 4 members (excludes halogenated alkanes) is 2. The number of para-hydroxylation sites is 1. The van der Waals surface area contributed by atoms with Crippen molar-refractivity contribution in [2.24, 2.45) is 0 Å². The minimum absolute atomic E-state index is 0.128. The van der Waals surface area contributed by atoms with E-state index in [2.05, 4.69) is 26.0 Å². The topological polar surface area (TPSA) is 66.8 Å². The van der Waals surface area contributed by atoms with Crippen LogP contribution in [0.2, 0.25) is 0 Å². The minimum Gasteiger partial charge on any atom is -0.493 e. The van der Waals surface area contributed by atoms with Crippen molar-refractivity contribution >= 4 is 11.9 Å². The number of hydrogen-bond donors (Lipinski definition) is 1. The number of carboxylic acids is 1. The number of aryl methyl sites for hydroxylation is 2. The summed E-state index contributed by atoms with van der Waals surface area (Å²) >= 11 is 0. The first-order valence-electron chi connectivity index (χ1n) is 13.6. The maximum atomic E-state index is 13.7. The van der Waals surface area contributed by atoms with Crippen molar-refractivity contribution < 1.29 is 22.2 Å². The molecule has 3 aromatic rings. The SMILES string of the molecule is [2H]C([2H])(c1ccccc1OCCCCCC(=O)O)N(C(=O)c1ccc(-c2c(C)cccc2C)cc1)C1CC1. The molecule has 0 unspecified atom stereocenters. The van der Waals surface area contributed by atoms with Gasteiger partial charge in [-0.1, -0.05) is 48.5 Å². The molecule has 0 bridgehead atoms. The van der Waals surface area contributed by atoms with Crippen molar-refractivity contribution in [1.29, 1.82) is 0 Å². The molecule has 0 saturated heterocycles. The number of rotatable bonds is 12. The minimum atomic E-state index is -2.07. The van der Waals surface area contributed by atoms with Crippen LogP contribution in [0.4, 0.5) is 0 Å². The number of aliphatic carboxylic acids is 1. The Morgan fingerprint density at radius 3 is 2.31 bits per heavy atom. The third-order valence-corrected chi connectivity index (χ3v) is 6.45. The molecule has 5 nitrogen and oxygen atoms in total. The molecule has 1 aliphatic carbocycles. The zero-order chi connectivity index (χ0) is 27.3. The molecule has 0 atom stereocenters. The number of hydrogen-bond acceptors (Lipinski definition) is 3. The predicted molar refractivity (Wildman–Crippen MR) is 142 cm³/mol. The van der Waals surface area contributed by atoms with Crippen molar-refractivity contribution in [3.8, 4) is 16.9 Å². The highest BCUT2D eigenvalue weighted by Gasteiger charge is 2.33. The number of amides is 1. The van der Waals surface area contributed by atoms with Crippen molar-refractivity contribution in [3.05, 3.63) is 89.0 Å². The quantitative estimate of drug-likeness (QED) is 0.285. The van der Waals surface area contributed by atoms with Gasteiger partial charge in [0, 0.05) is 30.1 Å². The Hall–Kier alpha value is -3.60. The van der Waals surface area contributed by atoms with Gasteiger partial charge in [-0.25, -0.2) is 0 Å². The zero-order valence-corrected chi connectivity index (χ0v) is 21.0. The van der Waals surface area contributed by atoms with Crippen LogP contribution in [-0.4, -0.2) is 34.5 Å². The van der Waals surface area contributed by atoms with Gasteiger partial charge in [-0.2, -0.15) is 0 Å². The second-order valence-corrected chi connectivity index (χ2v) is 9.41. The smallest absolute Gasteiger partial charge is 0.303 e. The van der Waals surface area contributed by atoms with Crippen molar-refractivity contribution in [2.75, 3.05) is 6.61 Å². The van der Waals surface area contributed by atoms with Gasteiger partial charge in [0.1, 0.15) is 5.75 Å². The van der Waals surface area contributed by atoms with Gasteiger partial charge in [-0.05, 0) is 86.4 Å². The highest BCUT2D eigenvalue weighted by molar-refractivity contribution is 5.95. The van der Waals surface area contributed by atoms with Crippen LogP contribution in [0, 0.1) is 13.8 Å². The molecule has 0 aromatic heterocycles. The van der Waals surface area contributed by atoms with Crippen molar-refractivity contribution in [1.82, 2.24) is 4.90 Å². The average Bonchev–Trinajstić information content (AvgIpc) is 3.71. The largest absolute Gasteiger partial charge is 0.493 e. The molecule has 4 rings (SSSR count). The van der Waals surface area contributed by atoms with E-state index in [1.54, 1.807) is 36.4 Å². The fourth-order valence-electron chi connectivity index (χ4n) is 4.38. The zero-order valence-electron chi connectivity index (χ0n) is 23.0. The van der Waals surface area contributed by atoms with E-state index in [0.29, 0.717) is 42.7 Å². The van der Waals surface area contributed by atoms with Crippen LogP contribution in [-0.2, 0) is 11.3 Å². The second kappa shape index (κ2) is 11.9. The first-order valence-corrected chi connectivity index (χ1v) is 12.6. The Balaban J connectivity index is 1.53. The van der Waals surface area contributed by atoms with Gasteiger partial charge in [-0.3, -0.25) is 9.59 Å².